The number of carbonyl (C=O) groups excluding carboxylic acids is 1. The van der Waals surface area contributed by atoms with Gasteiger partial charge in [-0.15, -0.1) is 0 Å². The third-order valence-corrected chi connectivity index (χ3v) is 4.81. The van der Waals surface area contributed by atoms with Crippen LogP contribution in [0, 0.1) is 18.8 Å². The molecule has 6 heteroatoms. The van der Waals surface area contributed by atoms with Gasteiger partial charge in [0.05, 0.1) is 0 Å². The Morgan fingerprint density at radius 3 is 2.43 bits per heavy atom. The summed E-state index contributed by atoms with van der Waals surface area (Å²) in [5, 5.41) is 0. The molecule has 0 bridgehead atoms. The van der Waals surface area contributed by atoms with Crippen LogP contribution in [0.15, 0.2) is 36.9 Å². The summed E-state index contributed by atoms with van der Waals surface area (Å²) < 4.78 is 0. The van der Waals surface area contributed by atoms with Gasteiger partial charge in [0.15, 0.2) is 0 Å². The van der Waals surface area contributed by atoms with Gasteiger partial charge in [-0.3, -0.25) is 9.78 Å². The van der Waals surface area contributed by atoms with Crippen LogP contribution in [0.5, 0.6) is 0 Å². The average molecular weight is 309 g/mol. The van der Waals surface area contributed by atoms with E-state index in [1.165, 1.54) is 0 Å². The lowest BCUT2D eigenvalue weighted by Crippen LogP contribution is -2.33. The number of anilines is 1. The molecule has 1 amide bonds. The molecule has 0 aliphatic carbocycles. The monoisotopic (exact) mass is 309 g/mol. The van der Waals surface area contributed by atoms with E-state index in [-0.39, 0.29) is 5.91 Å². The molecule has 0 spiro atoms. The zero-order chi connectivity index (χ0) is 15.8. The van der Waals surface area contributed by atoms with Crippen molar-refractivity contribution in [1.29, 1.82) is 0 Å². The van der Waals surface area contributed by atoms with Gasteiger partial charge in [0.1, 0.15) is 12.1 Å². The molecule has 2 saturated heterocycles. The molecule has 0 N–H and O–H groups in total. The maximum atomic E-state index is 12.5. The second-order valence-electron chi connectivity index (χ2n) is 6.39. The fourth-order valence-electron chi connectivity index (χ4n) is 3.64. The molecule has 6 nitrogen and oxygen atoms in total. The van der Waals surface area contributed by atoms with Crippen LogP contribution >= 0.6 is 0 Å². The normalized spacial score (nSPS) is 23.2. The zero-order valence-corrected chi connectivity index (χ0v) is 13.1. The first-order chi connectivity index (χ1) is 11.2. The van der Waals surface area contributed by atoms with Crippen LogP contribution in [0.1, 0.15) is 16.1 Å². The lowest BCUT2D eigenvalue weighted by molar-refractivity contribution is 0.0782. The van der Waals surface area contributed by atoms with Crippen molar-refractivity contribution in [3.63, 3.8) is 0 Å². The smallest absolute Gasteiger partial charge is 0.253 e. The first-order valence-electron chi connectivity index (χ1n) is 7.93. The SMILES string of the molecule is Cc1cc(N2CC3CN(C(=O)c4ccncc4)CC3C2)ncn1. The number of aryl methyl sites for hydroxylation is 1. The largest absolute Gasteiger partial charge is 0.356 e. The molecule has 2 fully saturated rings. The van der Waals surface area contributed by atoms with Crippen LogP contribution in [-0.4, -0.2) is 51.9 Å². The van der Waals surface area contributed by atoms with Gasteiger partial charge in [0.25, 0.3) is 5.91 Å². The Morgan fingerprint density at radius 1 is 1.09 bits per heavy atom. The van der Waals surface area contributed by atoms with Gasteiger partial charge in [-0.2, -0.15) is 0 Å². The summed E-state index contributed by atoms with van der Waals surface area (Å²) >= 11 is 0. The quantitative estimate of drug-likeness (QED) is 0.839. The number of hydrogen-bond donors (Lipinski definition) is 0. The molecule has 118 valence electrons. The predicted molar refractivity (Wildman–Crippen MR) is 86.1 cm³/mol. The van der Waals surface area contributed by atoms with Gasteiger partial charge >= 0.3 is 0 Å². The summed E-state index contributed by atoms with van der Waals surface area (Å²) in [7, 11) is 0. The number of hydrogen-bond acceptors (Lipinski definition) is 5. The van der Waals surface area contributed by atoms with Gasteiger partial charge in [-0.25, -0.2) is 9.97 Å². The number of nitrogens with zero attached hydrogens (tertiary/aromatic N) is 5. The molecule has 0 radical (unpaired) electrons. The van der Waals surface area contributed by atoms with Crippen LogP contribution in [-0.2, 0) is 0 Å². The number of aromatic nitrogens is 3. The van der Waals surface area contributed by atoms with Gasteiger partial charge in [-0.1, -0.05) is 0 Å². The predicted octanol–water partition coefficient (Wildman–Crippen LogP) is 1.39. The van der Waals surface area contributed by atoms with Crippen LogP contribution in [0.3, 0.4) is 0 Å². The highest BCUT2D eigenvalue weighted by molar-refractivity contribution is 5.94. The highest BCUT2D eigenvalue weighted by atomic mass is 16.2. The minimum atomic E-state index is 0.117. The van der Waals surface area contributed by atoms with Crippen molar-refractivity contribution in [2.24, 2.45) is 11.8 Å². The molecule has 4 heterocycles. The molecule has 2 aliphatic heterocycles. The fraction of sp³-hybridized carbons (Fsp3) is 0.412. The minimum Gasteiger partial charge on any atom is -0.356 e. The van der Waals surface area contributed by atoms with Crippen molar-refractivity contribution >= 4 is 11.7 Å². The first kappa shape index (κ1) is 14.1. The van der Waals surface area contributed by atoms with Crippen LogP contribution in [0.25, 0.3) is 0 Å². The highest BCUT2D eigenvalue weighted by Gasteiger charge is 2.42. The highest BCUT2D eigenvalue weighted by Crippen LogP contribution is 2.33. The van der Waals surface area contributed by atoms with Crippen molar-refractivity contribution in [1.82, 2.24) is 19.9 Å². The van der Waals surface area contributed by atoms with E-state index in [4.69, 9.17) is 0 Å². The van der Waals surface area contributed by atoms with E-state index in [1.807, 2.05) is 17.9 Å². The van der Waals surface area contributed by atoms with Gasteiger partial charge in [0.2, 0.25) is 0 Å². The van der Waals surface area contributed by atoms with E-state index in [0.29, 0.717) is 11.8 Å². The molecule has 4 rings (SSSR count). The van der Waals surface area contributed by atoms with Gasteiger partial charge in [-0.05, 0) is 19.1 Å². The van der Waals surface area contributed by atoms with Gasteiger partial charge in [0, 0.05) is 67.7 Å². The minimum absolute atomic E-state index is 0.117. The second-order valence-corrected chi connectivity index (χ2v) is 6.39. The Labute approximate surface area is 135 Å². The van der Waals surface area contributed by atoms with Crippen molar-refractivity contribution in [3.05, 3.63) is 48.2 Å². The van der Waals surface area contributed by atoms with E-state index in [2.05, 4.69) is 19.9 Å². The summed E-state index contributed by atoms with van der Waals surface area (Å²) in [5.41, 5.74) is 1.71. The Balaban J connectivity index is 1.43. The number of rotatable bonds is 2. The number of amides is 1. The van der Waals surface area contributed by atoms with E-state index in [0.717, 1.165) is 43.3 Å². The maximum Gasteiger partial charge on any atom is 0.253 e. The van der Waals surface area contributed by atoms with E-state index >= 15 is 0 Å². The molecular weight excluding hydrogens is 290 g/mol. The lowest BCUT2D eigenvalue weighted by Gasteiger charge is -2.22. The van der Waals surface area contributed by atoms with Crippen molar-refractivity contribution in [2.75, 3.05) is 31.1 Å². The molecule has 2 unspecified atom stereocenters. The summed E-state index contributed by atoms with van der Waals surface area (Å²) in [5.74, 6) is 2.16. The van der Waals surface area contributed by atoms with E-state index in [1.54, 1.807) is 30.9 Å². The van der Waals surface area contributed by atoms with E-state index < -0.39 is 0 Å². The molecule has 23 heavy (non-hydrogen) atoms. The van der Waals surface area contributed by atoms with Gasteiger partial charge < -0.3 is 9.80 Å². The number of carbonyl (C=O) groups is 1. The standard InChI is InChI=1S/C17H19N5O/c1-12-6-16(20-11-19-12)21-7-14-9-22(10-15(14)8-21)17(23)13-2-4-18-5-3-13/h2-6,11,14-15H,7-10H2,1H3. The average Bonchev–Trinajstić information content (AvgIpc) is 3.14. The summed E-state index contributed by atoms with van der Waals surface area (Å²) in [6.45, 7) is 5.55. The molecule has 2 aliphatic rings. The lowest BCUT2D eigenvalue weighted by atomic mass is 10.0. The summed E-state index contributed by atoms with van der Waals surface area (Å²) in [4.78, 5) is 29.3. The van der Waals surface area contributed by atoms with Crippen LogP contribution in [0.4, 0.5) is 5.82 Å². The Kier molecular flexibility index (Phi) is 3.44. The second kappa shape index (κ2) is 5.61. The fourth-order valence-corrected chi connectivity index (χ4v) is 3.64. The molecule has 0 aromatic carbocycles. The number of pyridine rings is 1. The van der Waals surface area contributed by atoms with Crippen molar-refractivity contribution in [3.8, 4) is 0 Å². The molecule has 2 atom stereocenters. The molecular formula is C17H19N5O. The Morgan fingerprint density at radius 2 is 1.78 bits per heavy atom. The van der Waals surface area contributed by atoms with Crippen molar-refractivity contribution < 1.29 is 4.79 Å². The number of likely N-dealkylation sites (tertiary alicyclic amines) is 1. The topological polar surface area (TPSA) is 62.2 Å². The zero-order valence-electron chi connectivity index (χ0n) is 13.1. The number of fused-ring (bicyclic) bond motifs is 1. The third-order valence-electron chi connectivity index (χ3n) is 4.81. The van der Waals surface area contributed by atoms with Crippen LogP contribution < -0.4 is 4.90 Å². The van der Waals surface area contributed by atoms with E-state index in [9.17, 15) is 4.79 Å². The van der Waals surface area contributed by atoms with Crippen LogP contribution in [0.2, 0.25) is 0 Å². The Hall–Kier alpha value is -2.50. The molecule has 2 aromatic heterocycles. The van der Waals surface area contributed by atoms with Crippen molar-refractivity contribution in [2.45, 2.75) is 6.92 Å². The first-order valence-corrected chi connectivity index (χ1v) is 7.93. The molecule has 0 saturated carbocycles. The Bertz CT molecular complexity index is 706. The maximum absolute atomic E-state index is 12.5. The summed E-state index contributed by atoms with van der Waals surface area (Å²) in [6, 6.07) is 5.60. The third kappa shape index (κ3) is 2.65. The summed E-state index contributed by atoms with van der Waals surface area (Å²) in [6.07, 6.45) is 4.96. The molecule has 2 aromatic rings.